The first-order valence-corrected chi connectivity index (χ1v) is 9.04. The Bertz CT molecular complexity index is 1130. The number of hydrogen-bond acceptors (Lipinski definition) is 4. The van der Waals surface area contributed by atoms with Gasteiger partial charge in [-0.2, -0.15) is 5.26 Å². The van der Waals surface area contributed by atoms with Crippen LogP contribution in [0.2, 0.25) is 0 Å². The van der Waals surface area contributed by atoms with Crippen molar-refractivity contribution in [1.29, 1.82) is 5.26 Å². The molecule has 0 radical (unpaired) electrons. The normalized spacial score (nSPS) is 10.2. The quantitative estimate of drug-likeness (QED) is 0.514. The molecule has 5 nitrogen and oxygen atoms in total. The number of aromatic amines is 1. The molecule has 6 heteroatoms. The van der Waals surface area contributed by atoms with Crippen molar-refractivity contribution >= 4 is 18.2 Å². The molecule has 0 aliphatic heterocycles. The van der Waals surface area contributed by atoms with Gasteiger partial charge in [0, 0.05) is 30.3 Å². The summed E-state index contributed by atoms with van der Waals surface area (Å²) in [5.74, 6) is 1.37. The van der Waals surface area contributed by atoms with E-state index in [4.69, 9.17) is 11.0 Å². The molecular weight excluding hydrogens is 382 g/mol. The van der Waals surface area contributed by atoms with Crippen molar-refractivity contribution in [3.8, 4) is 17.2 Å². The van der Waals surface area contributed by atoms with Crippen molar-refractivity contribution < 1.29 is 0 Å². The minimum absolute atomic E-state index is 0. The van der Waals surface area contributed by atoms with Gasteiger partial charge in [0.25, 0.3) is 0 Å². The minimum atomic E-state index is 0. The zero-order valence-electron chi connectivity index (χ0n) is 15.7. The summed E-state index contributed by atoms with van der Waals surface area (Å²) in [7, 11) is 0. The van der Waals surface area contributed by atoms with Gasteiger partial charge in [-0.25, -0.2) is 9.97 Å². The number of nitrogens with two attached hydrogens (primary N) is 1. The first kappa shape index (κ1) is 20.1. The van der Waals surface area contributed by atoms with Crippen LogP contribution >= 0.6 is 12.4 Å². The van der Waals surface area contributed by atoms with Gasteiger partial charge in [0.05, 0.1) is 17.3 Å². The van der Waals surface area contributed by atoms with Crippen LogP contribution in [-0.4, -0.2) is 15.0 Å². The van der Waals surface area contributed by atoms with Crippen LogP contribution < -0.4 is 5.73 Å². The molecule has 0 bridgehead atoms. The summed E-state index contributed by atoms with van der Waals surface area (Å²) in [6.07, 6.45) is 3.17. The summed E-state index contributed by atoms with van der Waals surface area (Å²) in [6, 6.07) is 23.7. The molecule has 0 saturated carbocycles. The summed E-state index contributed by atoms with van der Waals surface area (Å²) < 4.78 is 0. The number of H-pyrrole nitrogens is 1. The van der Waals surface area contributed by atoms with Crippen LogP contribution in [0.15, 0.2) is 72.9 Å². The fraction of sp³-hybridized carbons (Fsp3) is 0.0870. The summed E-state index contributed by atoms with van der Waals surface area (Å²) in [5.41, 5.74) is 11.9. The van der Waals surface area contributed by atoms with Crippen molar-refractivity contribution in [3.63, 3.8) is 0 Å². The molecule has 0 aliphatic carbocycles. The minimum Gasteiger partial charge on any atom is -0.383 e. The molecule has 144 valence electrons. The molecule has 2 heterocycles. The third-order valence-corrected chi connectivity index (χ3v) is 4.57. The van der Waals surface area contributed by atoms with Crippen LogP contribution in [-0.2, 0) is 12.8 Å². The van der Waals surface area contributed by atoms with Gasteiger partial charge in [-0.05, 0) is 35.4 Å². The van der Waals surface area contributed by atoms with E-state index in [1.807, 2.05) is 72.9 Å². The van der Waals surface area contributed by atoms with E-state index in [9.17, 15) is 0 Å². The summed E-state index contributed by atoms with van der Waals surface area (Å²) in [6.45, 7) is 0. The van der Waals surface area contributed by atoms with E-state index in [0.29, 0.717) is 17.8 Å². The van der Waals surface area contributed by atoms with Crippen molar-refractivity contribution in [3.05, 3.63) is 101 Å². The number of rotatable bonds is 5. The van der Waals surface area contributed by atoms with Gasteiger partial charge in [-0.15, -0.1) is 12.4 Å². The second kappa shape index (κ2) is 9.05. The van der Waals surface area contributed by atoms with E-state index in [0.717, 1.165) is 40.3 Å². The average Bonchev–Trinajstić information content (AvgIpc) is 3.16. The van der Waals surface area contributed by atoms with E-state index in [2.05, 4.69) is 21.0 Å². The largest absolute Gasteiger partial charge is 0.383 e. The van der Waals surface area contributed by atoms with Crippen LogP contribution in [0.25, 0.3) is 11.1 Å². The molecule has 0 fully saturated rings. The Hall–Kier alpha value is -3.62. The van der Waals surface area contributed by atoms with Gasteiger partial charge in [0.2, 0.25) is 0 Å². The van der Waals surface area contributed by atoms with Gasteiger partial charge in [0.15, 0.2) is 0 Å². The lowest BCUT2D eigenvalue weighted by molar-refractivity contribution is 0.965. The van der Waals surface area contributed by atoms with Crippen molar-refractivity contribution in [1.82, 2.24) is 15.0 Å². The molecule has 4 rings (SSSR count). The molecule has 3 N–H and O–H groups in total. The Labute approximate surface area is 175 Å². The van der Waals surface area contributed by atoms with E-state index in [1.165, 1.54) is 0 Å². The third-order valence-electron chi connectivity index (χ3n) is 4.57. The lowest BCUT2D eigenvalue weighted by Gasteiger charge is -2.07. The first-order chi connectivity index (χ1) is 13.7. The zero-order valence-corrected chi connectivity index (χ0v) is 16.5. The Morgan fingerprint density at radius 2 is 1.69 bits per heavy atom. The molecule has 0 atom stereocenters. The van der Waals surface area contributed by atoms with Crippen LogP contribution in [0.1, 0.15) is 28.3 Å². The standard InChI is InChI=1S/C23H19N5.ClH/c24-14-17-8-6-16(7-9-17)12-20-15-26-22(27-20)13-19-10-11-21(23(25)28-19)18-4-2-1-3-5-18;/h1-11,15H,12-13H2,(H2,25,28)(H,26,27);1H. The van der Waals surface area contributed by atoms with Crippen LogP contribution in [0.4, 0.5) is 5.82 Å². The maximum atomic E-state index is 8.88. The van der Waals surface area contributed by atoms with E-state index >= 15 is 0 Å². The fourth-order valence-corrected chi connectivity index (χ4v) is 3.15. The number of benzene rings is 2. The number of nitrogens with one attached hydrogen (secondary N) is 1. The molecule has 0 unspecified atom stereocenters. The SMILES string of the molecule is Cl.N#Cc1ccc(Cc2cnc(Cc3ccc(-c4ccccc4)c(N)n3)[nH]2)cc1. The Morgan fingerprint density at radius 1 is 0.931 bits per heavy atom. The number of pyridine rings is 1. The van der Waals surface area contributed by atoms with E-state index in [1.54, 1.807) is 0 Å². The maximum absolute atomic E-state index is 8.88. The predicted molar refractivity (Wildman–Crippen MR) is 117 cm³/mol. The number of aromatic nitrogens is 3. The summed E-state index contributed by atoms with van der Waals surface area (Å²) >= 11 is 0. The molecule has 29 heavy (non-hydrogen) atoms. The third kappa shape index (κ3) is 4.81. The van der Waals surface area contributed by atoms with Crippen LogP contribution in [0.3, 0.4) is 0 Å². The van der Waals surface area contributed by atoms with Gasteiger partial charge in [-0.1, -0.05) is 42.5 Å². The second-order valence-electron chi connectivity index (χ2n) is 6.62. The number of imidazole rings is 1. The Balaban J connectivity index is 0.00000240. The Morgan fingerprint density at radius 3 is 2.38 bits per heavy atom. The lowest BCUT2D eigenvalue weighted by Crippen LogP contribution is -2.00. The smallest absolute Gasteiger partial charge is 0.131 e. The van der Waals surface area contributed by atoms with Crippen LogP contribution in [0, 0.1) is 11.3 Å². The summed E-state index contributed by atoms with van der Waals surface area (Å²) in [5, 5.41) is 8.88. The van der Waals surface area contributed by atoms with Crippen molar-refractivity contribution in [2.45, 2.75) is 12.8 Å². The number of nitriles is 1. The van der Waals surface area contributed by atoms with Crippen molar-refractivity contribution in [2.24, 2.45) is 0 Å². The molecular formula is C23H20ClN5. The fourth-order valence-electron chi connectivity index (χ4n) is 3.15. The predicted octanol–water partition coefficient (Wildman–Crippen LogP) is 4.53. The number of nitrogens with zero attached hydrogens (tertiary/aromatic N) is 3. The number of hydrogen-bond donors (Lipinski definition) is 2. The maximum Gasteiger partial charge on any atom is 0.131 e. The second-order valence-corrected chi connectivity index (χ2v) is 6.62. The zero-order chi connectivity index (χ0) is 19.3. The number of nitrogen functional groups attached to an aromatic ring is 1. The van der Waals surface area contributed by atoms with E-state index in [-0.39, 0.29) is 12.4 Å². The van der Waals surface area contributed by atoms with Gasteiger partial charge in [-0.3, -0.25) is 0 Å². The molecule has 0 amide bonds. The number of anilines is 1. The highest BCUT2D eigenvalue weighted by Crippen LogP contribution is 2.24. The van der Waals surface area contributed by atoms with E-state index < -0.39 is 0 Å². The molecule has 4 aromatic rings. The van der Waals surface area contributed by atoms with Gasteiger partial charge >= 0.3 is 0 Å². The highest BCUT2D eigenvalue weighted by atomic mass is 35.5. The topological polar surface area (TPSA) is 91.4 Å². The average molecular weight is 402 g/mol. The molecule has 0 spiro atoms. The monoisotopic (exact) mass is 401 g/mol. The highest BCUT2D eigenvalue weighted by molar-refractivity contribution is 5.85. The molecule has 2 aromatic carbocycles. The molecule has 0 aliphatic rings. The van der Waals surface area contributed by atoms with Gasteiger partial charge in [0.1, 0.15) is 11.6 Å². The highest BCUT2D eigenvalue weighted by Gasteiger charge is 2.08. The molecule has 0 saturated heterocycles. The van der Waals surface area contributed by atoms with Crippen LogP contribution in [0.5, 0.6) is 0 Å². The summed E-state index contributed by atoms with van der Waals surface area (Å²) in [4.78, 5) is 12.4. The van der Waals surface area contributed by atoms with Crippen molar-refractivity contribution in [2.75, 3.05) is 5.73 Å². The van der Waals surface area contributed by atoms with Gasteiger partial charge < -0.3 is 10.7 Å². The molecule has 2 aromatic heterocycles. The number of halogens is 1. The Kier molecular flexibility index (Phi) is 6.28. The lowest BCUT2D eigenvalue weighted by atomic mass is 10.1. The first-order valence-electron chi connectivity index (χ1n) is 9.04.